The van der Waals surface area contributed by atoms with Crippen LogP contribution in [0.3, 0.4) is 0 Å². The fourth-order valence-corrected chi connectivity index (χ4v) is 5.01. The molecular formula is C26H34N2O5S. The fourth-order valence-electron chi connectivity index (χ4n) is 4.35. The minimum absolute atomic E-state index is 0.0170. The SMILES string of the molecule is Cc1cc(C)cc(C(=O)N2CCCC(C(=O)N(C)CCCOc3cccc(S(C)(=O)=O)c3)C2)c1. The number of hydrogen-bond donors (Lipinski definition) is 0. The summed E-state index contributed by atoms with van der Waals surface area (Å²) < 4.78 is 29.0. The number of likely N-dealkylation sites (tertiary alicyclic amines) is 1. The number of benzene rings is 2. The summed E-state index contributed by atoms with van der Waals surface area (Å²) in [4.78, 5) is 29.7. The first kappa shape index (κ1) is 25.7. The molecule has 0 N–H and O–H groups in total. The van der Waals surface area contributed by atoms with Crippen molar-refractivity contribution in [3.8, 4) is 5.75 Å². The van der Waals surface area contributed by atoms with Crippen LogP contribution in [0.2, 0.25) is 0 Å². The van der Waals surface area contributed by atoms with Crippen molar-refractivity contribution in [2.45, 2.75) is 38.0 Å². The van der Waals surface area contributed by atoms with Crippen molar-refractivity contribution >= 4 is 21.7 Å². The van der Waals surface area contributed by atoms with Gasteiger partial charge in [0.15, 0.2) is 9.84 Å². The summed E-state index contributed by atoms with van der Waals surface area (Å²) in [7, 11) is -1.51. The molecule has 1 atom stereocenters. The molecular weight excluding hydrogens is 452 g/mol. The van der Waals surface area contributed by atoms with E-state index in [-0.39, 0.29) is 22.6 Å². The van der Waals surface area contributed by atoms with Gasteiger partial charge in [-0.1, -0.05) is 23.3 Å². The number of sulfone groups is 1. The third-order valence-corrected chi connectivity index (χ3v) is 7.15. The zero-order chi connectivity index (χ0) is 24.9. The van der Waals surface area contributed by atoms with Gasteiger partial charge in [0, 0.05) is 38.5 Å². The molecule has 2 amide bonds. The molecule has 0 bridgehead atoms. The summed E-state index contributed by atoms with van der Waals surface area (Å²) in [5.74, 6) is 0.305. The topological polar surface area (TPSA) is 84.0 Å². The second-order valence-corrected chi connectivity index (χ2v) is 11.2. The van der Waals surface area contributed by atoms with E-state index in [2.05, 4.69) is 0 Å². The van der Waals surface area contributed by atoms with E-state index in [1.54, 1.807) is 29.0 Å². The standard InChI is InChI=1S/C26H34N2O5S/c1-19-14-20(2)16-22(15-19)26(30)28-12-6-8-21(18-28)25(29)27(3)11-7-13-33-23-9-5-10-24(17-23)34(4,31)32/h5,9-10,14-17,21H,6-8,11-13,18H2,1-4H3. The normalized spacial score (nSPS) is 16.2. The maximum Gasteiger partial charge on any atom is 0.253 e. The van der Waals surface area contributed by atoms with E-state index in [0.29, 0.717) is 44.0 Å². The van der Waals surface area contributed by atoms with Gasteiger partial charge in [0.2, 0.25) is 5.91 Å². The first-order chi connectivity index (χ1) is 16.0. The second-order valence-electron chi connectivity index (χ2n) is 9.18. The quantitative estimate of drug-likeness (QED) is 0.534. The molecule has 2 aromatic rings. The molecule has 184 valence electrons. The molecule has 1 aliphatic rings. The number of rotatable bonds is 8. The van der Waals surface area contributed by atoms with Crippen LogP contribution < -0.4 is 4.74 Å². The summed E-state index contributed by atoms with van der Waals surface area (Å²) in [6.45, 7) is 5.95. The van der Waals surface area contributed by atoms with Gasteiger partial charge in [0.25, 0.3) is 5.91 Å². The monoisotopic (exact) mass is 486 g/mol. The van der Waals surface area contributed by atoms with E-state index in [1.165, 1.54) is 12.1 Å². The van der Waals surface area contributed by atoms with Crippen molar-refractivity contribution in [2.24, 2.45) is 5.92 Å². The lowest BCUT2D eigenvalue weighted by molar-refractivity contribution is -0.135. The van der Waals surface area contributed by atoms with E-state index in [4.69, 9.17) is 4.74 Å². The molecule has 3 rings (SSSR count). The summed E-state index contributed by atoms with van der Waals surface area (Å²) in [5, 5.41) is 0. The van der Waals surface area contributed by atoms with Crippen molar-refractivity contribution in [2.75, 3.05) is 39.5 Å². The van der Waals surface area contributed by atoms with E-state index in [0.717, 1.165) is 30.2 Å². The predicted octanol–water partition coefficient (Wildman–Crippen LogP) is 3.49. The molecule has 0 radical (unpaired) electrons. The average Bonchev–Trinajstić information content (AvgIpc) is 2.80. The van der Waals surface area contributed by atoms with Crippen molar-refractivity contribution in [3.05, 3.63) is 59.2 Å². The number of amides is 2. The first-order valence-electron chi connectivity index (χ1n) is 11.6. The van der Waals surface area contributed by atoms with Gasteiger partial charge >= 0.3 is 0 Å². The predicted molar refractivity (Wildman–Crippen MR) is 132 cm³/mol. The van der Waals surface area contributed by atoms with Crippen LogP contribution in [0.4, 0.5) is 0 Å². The Morgan fingerprint density at radius 2 is 1.82 bits per heavy atom. The summed E-state index contributed by atoms with van der Waals surface area (Å²) >= 11 is 0. The van der Waals surface area contributed by atoms with Gasteiger partial charge < -0.3 is 14.5 Å². The van der Waals surface area contributed by atoms with Gasteiger partial charge in [-0.05, 0) is 63.4 Å². The van der Waals surface area contributed by atoms with Gasteiger partial charge in [-0.3, -0.25) is 9.59 Å². The van der Waals surface area contributed by atoms with E-state index in [1.807, 2.05) is 32.0 Å². The Morgan fingerprint density at radius 3 is 2.50 bits per heavy atom. The maximum atomic E-state index is 13.0. The molecule has 1 unspecified atom stereocenters. The van der Waals surface area contributed by atoms with Crippen molar-refractivity contribution in [1.82, 2.24) is 9.80 Å². The van der Waals surface area contributed by atoms with Crippen LogP contribution >= 0.6 is 0 Å². The molecule has 1 heterocycles. The molecule has 34 heavy (non-hydrogen) atoms. The zero-order valence-corrected chi connectivity index (χ0v) is 21.2. The molecule has 1 fully saturated rings. The van der Waals surface area contributed by atoms with Crippen molar-refractivity contribution in [1.29, 1.82) is 0 Å². The van der Waals surface area contributed by atoms with Gasteiger partial charge in [-0.15, -0.1) is 0 Å². The Labute approximate surface area is 202 Å². The highest BCUT2D eigenvalue weighted by Gasteiger charge is 2.30. The minimum atomic E-state index is -3.29. The third kappa shape index (κ3) is 6.82. The molecule has 2 aromatic carbocycles. The van der Waals surface area contributed by atoms with Gasteiger partial charge in [-0.25, -0.2) is 8.42 Å². The smallest absolute Gasteiger partial charge is 0.253 e. The second kappa shape index (κ2) is 11.0. The Balaban J connectivity index is 1.50. The van der Waals surface area contributed by atoms with E-state index >= 15 is 0 Å². The third-order valence-electron chi connectivity index (χ3n) is 6.04. The van der Waals surface area contributed by atoms with Crippen LogP contribution in [0.15, 0.2) is 47.4 Å². The molecule has 1 saturated heterocycles. The molecule has 7 nitrogen and oxygen atoms in total. The largest absolute Gasteiger partial charge is 0.493 e. The maximum absolute atomic E-state index is 13.0. The van der Waals surface area contributed by atoms with Crippen LogP contribution in [-0.4, -0.2) is 69.6 Å². The molecule has 0 spiro atoms. The van der Waals surface area contributed by atoms with Crippen LogP contribution in [0.1, 0.15) is 40.7 Å². The highest BCUT2D eigenvalue weighted by Crippen LogP contribution is 2.22. The summed E-state index contributed by atoms with van der Waals surface area (Å²) in [6.07, 6.45) is 3.35. The number of carbonyl (C=O) groups is 2. The molecule has 0 saturated carbocycles. The average molecular weight is 487 g/mol. The lowest BCUT2D eigenvalue weighted by atomic mass is 9.95. The van der Waals surface area contributed by atoms with Gasteiger partial charge in [0.05, 0.1) is 17.4 Å². The van der Waals surface area contributed by atoms with E-state index < -0.39 is 9.84 Å². The van der Waals surface area contributed by atoms with Gasteiger partial charge in [0.1, 0.15) is 5.75 Å². The summed E-state index contributed by atoms with van der Waals surface area (Å²) in [6, 6.07) is 12.3. The molecule has 8 heteroatoms. The summed E-state index contributed by atoms with van der Waals surface area (Å²) in [5.41, 5.74) is 2.78. The minimum Gasteiger partial charge on any atom is -0.493 e. The van der Waals surface area contributed by atoms with Crippen molar-refractivity contribution in [3.63, 3.8) is 0 Å². The van der Waals surface area contributed by atoms with Crippen molar-refractivity contribution < 1.29 is 22.7 Å². The van der Waals surface area contributed by atoms with Crippen LogP contribution in [0, 0.1) is 19.8 Å². The van der Waals surface area contributed by atoms with Crippen LogP contribution in [0.5, 0.6) is 5.75 Å². The lowest BCUT2D eigenvalue weighted by Crippen LogP contribution is -2.46. The fraction of sp³-hybridized carbons (Fsp3) is 0.462. The highest BCUT2D eigenvalue weighted by atomic mass is 32.2. The number of hydrogen-bond acceptors (Lipinski definition) is 5. The lowest BCUT2D eigenvalue weighted by Gasteiger charge is -2.34. The van der Waals surface area contributed by atoms with Gasteiger partial charge in [-0.2, -0.15) is 0 Å². The number of aryl methyl sites for hydroxylation is 2. The highest BCUT2D eigenvalue weighted by molar-refractivity contribution is 7.90. The molecule has 0 aromatic heterocycles. The number of carbonyl (C=O) groups excluding carboxylic acids is 2. The van der Waals surface area contributed by atoms with Crippen LogP contribution in [0.25, 0.3) is 0 Å². The Morgan fingerprint density at radius 1 is 1.12 bits per heavy atom. The Hall–Kier alpha value is -2.87. The van der Waals surface area contributed by atoms with E-state index in [9.17, 15) is 18.0 Å². The molecule has 1 aliphatic heterocycles. The number of piperidine rings is 1. The first-order valence-corrected chi connectivity index (χ1v) is 13.5. The Kier molecular flexibility index (Phi) is 8.36. The zero-order valence-electron chi connectivity index (χ0n) is 20.4. The number of nitrogens with zero attached hydrogens (tertiary/aromatic N) is 2. The molecule has 0 aliphatic carbocycles. The van der Waals surface area contributed by atoms with Crippen LogP contribution in [-0.2, 0) is 14.6 Å². The number of ether oxygens (including phenoxy) is 1. The Bertz CT molecular complexity index is 1130.